The fourth-order valence-electron chi connectivity index (χ4n) is 2.70. The molecule has 28 heavy (non-hydrogen) atoms. The molecule has 0 unspecified atom stereocenters. The van der Waals surface area contributed by atoms with Crippen molar-refractivity contribution in [2.24, 2.45) is 0 Å². The zero-order chi connectivity index (χ0) is 19.9. The highest BCUT2D eigenvalue weighted by Gasteiger charge is 2.21. The van der Waals surface area contributed by atoms with Crippen molar-refractivity contribution in [1.82, 2.24) is 10.6 Å². The molecule has 1 aliphatic rings. The minimum atomic E-state index is -0.543. The third-order valence-corrected chi connectivity index (χ3v) is 4.11. The molecule has 9 nitrogen and oxygen atoms in total. The molecule has 0 radical (unpaired) electrons. The summed E-state index contributed by atoms with van der Waals surface area (Å²) in [7, 11) is 1.29. The maximum atomic E-state index is 12.1. The van der Waals surface area contributed by atoms with E-state index in [4.69, 9.17) is 0 Å². The molecular formula is C19H21N5O4. The zero-order valence-corrected chi connectivity index (χ0v) is 15.3. The highest BCUT2D eigenvalue weighted by Crippen LogP contribution is 2.21. The lowest BCUT2D eigenvalue weighted by atomic mass is 10.2. The summed E-state index contributed by atoms with van der Waals surface area (Å²) >= 11 is 0. The van der Waals surface area contributed by atoms with Crippen LogP contribution in [0.2, 0.25) is 0 Å². The highest BCUT2D eigenvalue weighted by molar-refractivity contribution is 5.95. The molecule has 1 aliphatic heterocycles. The van der Waals surface area contributed by atoms with Gasteiger partial charge in [0, 0.05) is 36.7 Å². The standard InChI is InChI=1S/C19H21N5O4/c1-28-19(27)23-14-7-5-13(6-8-14)12-21-17(25)22-15-3-2-4-16(11-15)24-10-9-20-18(24)26/h2-8,11H,9-10,12H2,1H3,(H,20,26)(H,23,27)(H2,21,22,25). The van der Waals surface area contributed by atoms with Gasteiger partial charge < -0.3 is 20.7 Å². The highest BCUT2D eigenvalue weighted by atomic mass is 16.5. The van der Waals surface area contributed by atoms with Gasteiger partial charge in [0.1, 0.15) is 0 Å². The summed E-state index contributed by atoms with van der Waals surface area (Å²) in [6, 6.07) is 13.6. The molecule has 2 aromatic rings. The predicted octanol–water partition coefficient (Wildman–Crippen LogP) is 2.72. The number of benzene rings is 2. The number of anilines is 3. The molecule has 1 saturated heterocycles. The molecule has 0 spiro atoms. The van der Waals surface area contributed by atoms with Gasteiger partial charge in [-0.3, -0.25) is 10.2 Å². The maximum Gasteiger partial charge on any atom is 0.411 e. The molecule has 0 aromatic heterocycles. The Morgan fingerprint density at radius 1 is 1.11 bits per heavy atom. The van der Waals surface area contributed by atoms with Crippen molar-refractivity contribution in [3.05, 3.63) is 54.1 Å². The van der Waals surface area contributed by atoms with E-state index in [-0.39, 0.29) is 12.1 Å². The molecule has 9 heteroatoms. The van der Waals surface area contributed by atoms with Crippen molar-refractivity contribution in [2.75, 3.05) is 35.7 Å². The Morgan fingerprint density at radius 2 is 1.89 bits per heavy atom. The number of hydrogen-bond acceptors (Lipinski definition) is 4. The van der Waals surface area contributed by atoms with Gasteiger partial charge in [-0.05, 0) is 35.9 Å². The van der Waals surface area contributed by atoms with E-state index in [2.05, 4.69) is 26.0 Å². The van der Waals surface area contributed by atoms with E-state index in [9.17, 15) is 14.4 Å². The first-order valence-corrected chi connectivity index (χ1v) is 8.69. The Hall–Kier alpha value is -3.75. The molecule has 0 saturated carbocycles. The summed E-state index contributed by atoms with van der Waals surface area (Å²) in [5, 5.41) is 10.8. The fraction of sp³-hybridized carbons (Fsp3) is 0.211. The number of amides is 5. The van der Waals surface area contributed by atoms with Crippen molar-refractivity contribution in [1.29, 1.82) is 0 Å². The van der Waals surface area contributed by atoms with Gasteiger partial charge in [-0.25, -0.2) is 14.4 Å². The Morgan fingerprint density at radius 3 is 2.57 bits per heavy atom. The number of hydrogen-bond donors (Lipinski definition) is 4. The van der Waals surface area contributed by atoms with E-state index in [0.717, 1.165) is 11.3 Å². The smallest absolute Gasteiger partial charge is 0.411 e. The Labute approximate surface area is 162 Å². The average Bonchev–Trinajstić information content (AvgIpc) is 3.13. The van der Waals surface area contributed by atoms with Crippen LogP contribution in [0, 0.1) is 0 Å². The fourth-order valence-corrected chi connectivity index (χ4v) is 2.70. The van der Waals surface area contributed by atoms with Gasteiger partial charge in [0.15, 0.2) is 0 Å². The third-order valence-electron chi connectivity index (χ3n) is 4.11. The second-order valence-electron chi connectivity index (χ2n) is 6.06. The molecule has 0 bridgehead atoms. The van der Waals surface area contributed by atoms with Crippen LogP contribution in [0.4, 0.5) is 31.4 Å². The minimum absolute atomic E-state index is 0.147. The van der Waals surface area contributed by atoms with E-state index in [1.165, 1.54) is 7.11 Å². The van der Waals surface area contributed by atoms with Crippen LogP contribution < -0.4 is 26.2 Å². The number of nitrogens with one attached hydrogen (secondary N) is 4. The Balaban J connectivity index is 1.52. The second-order valence-corrected chi connectivity index (χ2v) is 6.06. The van der Waals surface area contributed by atoms with Gasteiger partial charge >= 0.3 is 18.2 Å². The van der Waals surface area contributed by atoms with Crippen molar-refractivity contribution in [2.45, 2.75) is 6.54 Å². The first-order chi connectivity index (χ1) is 13.5. The lowest BCUT2D eigenvalue weighted by Crippen LogP contribution is -2.29. The Bertz CT molecular complexity index is 869. The van der Waals surface area contributed by atoms with Crippen molar-refractivity contribution in [3.8, 4) is 0 Å². The van der Waals surface area contributed by atoms with Crippen LogP contribution in [0.1, 0.15) is 5.56 Å². The maximum absolute atomic E-state index is 12.1. The Kier molecular flexibility index (Phi) is 5.95. The van der Waals surface area contributed by atoms with Gasteiger partial charge in [0.25, 0.3) is 0 Å². The number of methoxy groups -OCH3 is 1. The van der Waals surface area contributed by atoms with Gasteiger partial charge in [-0.15, -0.1) is 0 Å². The zero-order valence-electron chi connectivity index (χ0n) is 15.3. The van der Waals surface area contributed by atoms with Crippen LogP contribution in [0.3, 0.4) is 0 Å². The first-order valence-electron chi connectivity index (χ1n) is 8.69. The normalized spacial score (nSPS) is 12.9. The third kappa shape index (κ3) is 4.91. The number of nitrogens with zero attached hydrogens (tertiary/aromatic N) is 1. The van der Waals surface area contributed by atoms with E-state index < -0.39 is 6.09 Å². The summed E-state index contributed by atoms with van der Waals surface area (Å²) in [6.07, 6.45) is -0.543. The predicted molar refractivity (Wildman–Crippen MR) is 106 cm³/mol. The second kappa shape index (κ2) is 8.76. The van der Waals surface area contributed by atoms with Gasteiger partial charge in [-0.1, -0.05) is 18.2 Å². The molecule has 5 amide bonds. The molecule has 0 aliphatic carbocycles. The molecule has 2 aromatic carbocycles. The van der Waals surface area contributed by atoms with E-state index in [0.29, 0.717) is 31.0 Å². The van der Waals surface area contributed by atoms with E-state index in [1.807, 2.05) is 6.07 Å². The number of ether oxygens (including phenoxy) is 1. The van der Waals surface area contributed by atoms with E-state index >= 15 is 0 Å². The van der Waals surface area contributed by atoms with Gasteiger partial charge in [0.05, 0.1) is 7.11 Å². The van der Waals surface area contributed by atoms with Crippen LogP contribution in [-0.4, -0.2) is 38.4 Å². The topological polar surface area (TPSA) is 112 Å². The summed E-state index contributed by atoms with van der Waals surface area (Å²) in [6.45, 7) is 1.51. The molecule has 0 atom stereocenters. The quantitative estimate of drug-likeness (QED) is 0.636. The molecular weight excluding hydrogens is 362 g/mol. The minimum Gasteiger partial charge on any atom is -0.453 e. The van der Waals surface area contributed by atoms with Crippen molar-refractivity contribution >= 4 is 35.2 Å². The monoisotopic (exact) mass is 383 g/mol. The SMILES string of the molecule is COC(=O)Nc1ccc(CNC(=O)Nc2cccc(N3CCNC3=O)c2)cc1. The van der Waals surface area contributed by atoms with Crippen LogP contribution >= 0.6 is 0 Å². The number of urea groups is 2. The number of carbonyl (C=O) groups excluding carboxylic acids is 3. The summed E-state index contributed by atoms with van der Waals surface area (Å²) < 4.78 is 4.53. The van der Waals surface area contributed by atoms with Gasteiger partial charge in [0.2, 0.25) is 0 Å². The van der Waals surface area contributed by atoms with Crippen molar-refractivity contribution < 1.29 is 19.1 Å². The summed E-state index contributed by atoms with van der Waals surface area (Å²) in [5.41, 5.74) is 2.78. The summed E-state index contributed by atoms with van der Waals surface area (Å²) in [4.78, 5) is 36.7. The molecule has 3 rings (SSSR count). The van der Waals surface area contributed by atoms with Crippen molar-refractivity contribution in [3.63, 3.8) is 0 Å². The summed E-state index contributed by atoms with van der Waals surface area (Å²) in [5.74, 6) is 0. The van der Waals surface area contributed by atoms with Crippen LogP contribution in [0.5, 0.6) is 0 Å². The molecule has 146 valence electrons. The van der Waals surface area contributed by atoms with Crippen LogP contribution in [0.25, 0.3) is 0 Å². The van der Waals surface area contributed by atoms with E-state index in [1.54, 1.807) is 47.4 Å². The number of carbonyl (C=O) groups is 3. The lowest BCUT2D eigenvalue weighted by Gasteiger charge is -2.15. The molecule has 4 N–H and O–H groups in total. The van der Waals surface area contributed by atoms with Gasteiger partial charge in [-0.2, -0.15) is 0 Å². The number of rotatable bonds is 5. The largest absolute Gasteiger partial charge is 0.453 e. The molecule has 1 fully saturated rings. The average molecular weight is 383 g/mol. The molecule has 1 heterocycles. The first kappa shape index (κ1) is 19.0. The lowest BCUT2D eigenvalue weighted by molar-refractivity contribution is 0.187. The van der Waals surface area contributed by atoms with Crippen LogP contribution in [0.15, 0.2) is 48.5 Å². The van der Waals surface area contributed by atoms with Crippen LogP contribution in [-0.2, 0) is 11.3 Å².